The first kappa shape index (κ1) is 10.6. The normalized spacial score (nSPS) is 11.4. The van der Waals surface area contributed by atoms with Crippen molar-refractivity contribution in [3.63, 3.8) is 0 Å². The molecule has 82 valence electrons. The molecule has 3 nitrogen and oxygen atoms in total. The van der Waals surface area contributed by atoms with Gasteiger partial charge in [-0.15, -0.1) is 0 Å². The molecule has 0 bridgehead atoms. The molecule has 1 N–H and O–H groups in total. The van der Waals surface area contributed by atoms with Crippen LogP contribution < -0.4 is 5.32 Å². The molecule has 0 unspecified atom stereocenters. The molecule has 0 amide bonds. The van der Waals surface area contributed by atoms with Crippen LogP contribution in [0.5, 0.6) is 0 Å². The van der Waals surface area contributed by atoms with E-state index >= 15 is 0 Å². The molecule has 1 aromatic carbocycles. The maximum absolute atomic E-state index is 10.9. The molecule has 0 aliphatic carbocycles. The number of nitrogens with zero attached hydrogens (tertiary/aromatic N) is 1. The van der Waals surface area contributed by atoms with Gasteiger partial charge in [-0.3, -0.25) is 4.98 Å². The Balaban J connectivity index is 2.49. The number of hydrogen-bond donors (Lipinski definition) is 1. The number of para-hydroxylation sites is 1. The van der Waals surface area contributed by atoms with Crippen LogP contribution in [0.4, 0.5) is 5.69 Å². The van der Waals surface area contributed by atoms with Crippen LogP contribution in [-0.4, -0.2) is 16.8 Å². The van der Waals surface area contributed by atoms with Gasteiger partial charge in [0, 0.05) is 11.6 Å². The van der Waals surface area contributed by atoms with E-state index in [1.807, 2.05) is 44.2 Å². The summed E-state index contributed by atoms with van der Waals surface area (Å²) in [6, 6.07) is 9.79. The molecule has 1 aromatic heterocycles. The second-order valence-electron chi connectivity index (χ2n) is 4.35. The van der Waals surface area contributed by atoms with Crippen LogP contribution >= 0.6 is 0 Å². The average molecular weight is 214 g/mol. The van der Waals surface area contributed by atoms with Gasteiger partial charge in [-0.25, -0.2) is 0 Å². The van der Waals surface area contributed by atoms with Gasteiger partial charge in [0.15, 0.2) is 0 Å². The summed E-state index contributed by atoms with van der Waals surface area (Å²) in [6.07, 6.45) is 2.65. The summed E-state index contributed by atoms with van der Waals surface area (Å²) in [5.74, 6) is 0. The van der Waals surface area contributed by atoms with Crippen LogP contribution in [0.25, 0.3) is 10.9 Å². The van der Waals surface area contributed by atoms with Crippen molar-refractivity contribution in [3.05, 3.63) is 36.5 Å². The summed E-state index contributed by atoms with van der Waals surface area (Å²) in [5.41, 5.74) is 1.20. The number of carbonyl (C=O) groups is 1. The van der Waals surface area contributed by atoms with E-state index < -0.39 is 5.54 Å². The molecule has 0 spiro atoms. The molecule has 0 aliphatic heterocycles. The molecule has 0 radical (unpaired) electrons. The molecule has 1 heterocycles. The third kappa shape index (κ3) is 2.03. The van der Waals surface area contributed by atoms with Gasteiger partial charge in [0.1, 0.15) is 6.29 Å². The molecule has 2 aromatic rings. The number of carbonyl (C=O) groups excluding carboxylic acids is 1. The largest absolute Gasteiger partial charge is 0.372 e. The maximum atomic E-state index is 10.9. The number of nitrogens with one attached hydrogen (secondary N) is 1. The van der Waals surface area contributed by atoms with Gasteiger partial charge in [-0.05, 0) is 26.0 Å². The monoisotopic (exact) mass is 214 g/mol. The number of aromatic nitrogens is 1. The lowest BCUT2D eigenvalue weighted by Crippen LogP contribution is -2.32. The standard InChI is InChI=1S/C13H14N2O/c1-13(2,9-16)15-11-7-3-5-10-6-4-8-14-12(10)11/h3-9,15H,1-2H3. The number of anilines is 1. The maximum Gasteiger partial charge on any atom is 0.144 e. The summed E-state index contributed by atoms with van der Waals surface area (Å²) in [6.45, 7) is 3.67. The lowest BCUT2D eigenvalue weighted by molar-refractivity contribution is -0.110. The minimum atomic E-state index is -0.578. The highest BCUT2D eigenvalue weighted by molar-refractivity contribution is 5.91. The number of aldehydes is 1. The Morgan fingerprint density at radius 3 is 2.75 bits per heavy atom. The van der Waals surface area contributed by atoms with Crippen molar-refractivity contribution in [1.82, 2.24) is 4.98 Å². The predicted octanol–water partition coefficient (Wildman–Crippen LogP) is 2.62. The molecule has 0 saturated heterocycles. The molecular weight excluding hydrogens is 200 g/mol. The summed E-state index contributed by atoms with van der Waals surface area (Å²) < 4.78 is 0. The summed E-state index contributed by atoms with van der Waals surface area (Å²) in [5, 5.41) is 4.24. The summed E-state index contributed by atoms with van der Waals surface area (Å²) >= 11 is 0. The lowest BCUT2D eigenvalue weighted by Gasteiger charge is -2.21. The minimum Gasteiger partial charge on any atom is -0.372 e. The van der Waals surface area contributed by atoms with Gasteiger partial charge in [0.2, 0.25) is 0 Å². The van der Waals surface area contributed by atoms with E-state index in [9.17, 15) is 4.79 Å². The molecule has 16 heavy (non-hydrogen) atoms. The van der Waals surface area contributed by atoms with E-state index in [0.717, 1.165) is 22.9 Å². The number of fused-ring (bicyclic) bond motifs is 1. The zero-order chi connectivity index (χ0) is 11.6. The van der Waals surface area contributed by atoms with Crippen LogP contribution in [0.2, 0.25) is 0 Å². The summed E-state index contributed by atoms with van der Waals surface area (Å²) in [4.78, 5) is 15.2. The zero-order valence-corrected chi connectivity index (χ0v) is 9.40. The van der Waals surface area contributed by atoms with Gasteiger partial charge >= 0.3 is 0 Å². The second-order valence-corrected chi connectivity index (χ2v) is 4.35. The van der Waals surface area contributed by atoms with Crippen LogP contribution in [-0.2, 0) is 4.79 Å². The smallest absolute Gasteiger partial charge is 0.144 e. The molecule has 3 heteroatoms. The van der Waals surface area contributed by atoms with Crippen LogP contribution in [0, 0.1) is 0 Å². The first-order valence-electron chi connectivity index (χ1n) is 5.21. The van der Waals surface area contributed by atoms with Gasteiger partial charge in [0.25, 0.3) is 0 Å². The molecule has 0 fully saturated rings. The fourth-order valence-corrected chi connectivity index (χ4v) is 1.58. The van der Waals surface area contributed by atoms with E-state index in [1.165, 1.54) is 0 Å². The number of rotatable bonds is 3. The third-order valence-electron chi connectivity index (χ3n) is 2.38. The van der Waals surface area contributed by atoms with E-state index in [-0.39, 0.29) is 0 Å². The molecule has 0 saturated carbocycles. The quantitative estimate of drug-likeness (QED) is 0.798. The second kappa shape index (κ2) is 3.93. The predicted molar refractivity (Wildman–Crippen MR) is 65.5 cm³/mol. The van der Waals surface area contributed by atoms with Gasteiger partial charge in [-0.2, -0.15) is 0 Å². The van der Waals surface area contributed by atoms with Crippen molar-refractivity contribution in [2.24, 2.45) is 0 Å². The zero-order valence-electron chi connectivity index (χ0n) is 9.40. The Kier molecular flexibility index (Phi) is 2.60. The third-order valence-corrected chi connectivity index (χ3v) is 2.38. The SMILES string of the molecule is CC(C)(C=O)Nc1cccc2cccnc12. The molecular formula is C13H14N2O. The van der Waals surface area contributed by atoms with Crippen molar-refractivity contribution < 1.29 is 4.79 Å². The van der Waals surface area contributed by atoms with E-state index in [2.05, 4.69) is 10.3 Å². The van der Waals surface area contributed by atoms with Crippen molar-refractivity contribution in [2.75, 3.05) is 5.32 Å². The molecule has 2 rings (SSSR count). The average Bonchev–Trinajstić information content (AvgIpc) is 2.29. The number of benzene rings is 1. The Bertz CT molecular complexity index is 515. The first-order chi connectivity index (χ1) is 7.62. The Hall–Kier alpha value is -1.90. The van der Waals surface area contributed by atoms with Crippen LogP contribution in [0.15, 0.2) is 36.5 Å². The fraction of sp³-hybridized carbons (Fsp3) is 0.231. The Labute approximate surface area is 94.5 Å². The summed E-state index contributed by atoms with van der Waals surface area (Å²) in [7, 11) is 0. The van der Waals surface area contributed by atoms with Crippen molar-refractivity contribution in [3.8, 4) is 0 Å². The highest BCUT2D eigenvalue weighted by Gasteiger charge is 2.16. The highest BCUT2D eigenvalue weighted by atomic mass is 16.1. The Morgan fingerprint density at radius 2 is 2.00 bits per heavy atom. The molecule has 0 aliphatic rings. The van der Waals surface area contributed by atoms with Gasteiger partial charge < -0.3 is 10.1 Å². The van der Waals surface area contributed by atoms with E-state index in [0.29, 0.717) is 0 Å². The van der Waals surface area contributed by atoms with E-state index in [1.54, 1.807) is 6.20 Å². The van der Waals surface area contributed by atoms with Gasteiger partial charge in [-0.1, -0.05) is 18.2 Å². The topological polar surface area (TPSA) is 42.0 Å². The van der Waals surface area contributed by atoms with Crippen molar-refractivity contribution >= 4 is 22.9 Å². The fourth-order valence-electron chi connectivity index (χ4n) is 1.58. The molecule has 0 atom stereocenters. The first-order valence-corrected chi connectivity index (χ1v) is 5.21. The van der Waals surface area contributed by atoms with E-state index in [4.69, 9.17) is 0 Å². The highest BCUT2D eigenvalue weighted by Crippen LogP contribution is 2.23. The minimum absolute atomic E-state index is 0.578. The lowest BCUT2D eigenvalue weighted by atomic mass is 10.1. The number of hydrogen-bond acceptors (Lipinski definition) is 3. The van der Waals surface area contributed by atoms with Crippen molar-refractivity contribution in [1.29, 1.82) is 0 Å². The number of pyridine rings is 1. The van der Waals surface area contributed by atoms with Crippen molar-refractivity contribution in [2.45, 2.75) is 19.4 Å². The van der Waals surface area contributed by atoms with Crippen LogP contribution in [0.3, 0.4) is 0 Å². The Morgan fingerprint density at radius 1 is 1.25 bits per heavy atom. The van der Waals surface area contributed by atoms with Crippen LogP contribution in [0.1, 0.15) is 13.8 Å². The van der Waals surface area contributed by atoms with Gasteiger partial charge in [0.05, 0.1) is 16.7 Å².